The minimum absolute atomic E-state index is 0.601. The zero-order chi connectivity index (χ0) is 12.0. The molecule has 16 heavy (non-hydrogen) atoms. The number of nitrogens with one attached hydrogen (secondary N) is 1. The fourth-order valence-electron chi connectivity index (χ4n) is 3.24. The Labute approximate surface area is 102 Å². The molecule has 2 nitrogen and oxygen atoms in total. The molecule has 1 rings (SSSR count). The van der Waals surface area contributed by atoms with Gasteiger partial charge in [0.15, 0.2) is 0 Å². The summed E-state index contributed by atoms with van der Waals surface area (Å²) in [4.78, 5) is 2.55. The van der Waals surface area contributed by atoms with Crippen LogP contribution in [0.2, 0.25) is 0 Å². The number of hydrogen-bond donors (Lipinski definition) is 1. The summed E-state index contributed by atoms with van der Waals surface area (Å²) in [6, 6.07) is 0. The third-order valence-electron chi connectivity index (χ3n) is 3.73. The van der Waals surface area contributed by atoms with Gasteiger partial charge in [0, 0.05) is 13.1 Å². The first kappa shape index (κ1) is 14.0. The Hall–Kier alpha value is -0.0800. The Morgan fingerprint density at radius 1 is 1.25 bits per heavy atom. The maximum atomic E-state index is 3.49. The van der Waals surface area contributed by atoms with Gasteiger partial charge in [-0.05, 0) is 50.7 Å². The van der Waals surface area contributed by atoms with Crippen molar-refractivity contribution in [2.75, 3.05) is 33.2 Å². The van der Waals surface area contributed by atoms with Crippen LogP contribution in [0.3, 0.4) is 0 Å². The van der Waals surface area contributed by atoms with Gasteiger partial charge in [-0.25, -0.2) is 0 Å². The molecule has 0 radical (unpaired) electrons. The van der Waals surface area contributed by atoms with Crippen molar-refractivity contribution in [3.8, 4) is 0 Å². The lowest BCUT2D eigenvalue weighted by Gasteiger charge is -2.41. The summed E-state index contributed by atoms with van der Waals surface area (Å²) in [7, 11) is 2.29. The lowest BCUT2D eigenvalue weighted by molar-refractivity contribution is 0.110. The van der Waals surface area contributed by atoms with Gasteiger partial charge < -0.3 is 10.2 Å². The number of rotatable bonds is 6. The van der Waals surface area contributed by atoms with Gasteiger partial charge in [0.2, 0.25) is 0 Å². The SMILES string of the molecule is CCCC1(CN(C)CC(C)C)CCNCC1. The molecule has 1 heterocycles. The molecule has 0 spiro atoms. The van der Waals surface area contributed by atoms with Crippen LogP contribution in [0.15, 0.2) is 0 Å². The highest BCUT2D eigenvalue weighted by atomic mass is 15.1. The second-order valence-corrected chi connectivity index (χ2v) is 6.09. The Balaban J connectivity index is 2.48. The molecule has 1 aliphatic rings. The van der Waals surface area contributed by atoms with Crippen molar-refractivity contribution in [2.24, 2.45) is 11.3 Å². The van der Waals surface area contributed by atoms with Gasteiger partial charge in [-0.3, -0.25) is 0 Å². The van der Waals surface area contributed by atoms with Gasteiger partial charge in [-0.15, -0.1) is 0 Å². The van der Waals surface area contributed by atoms with Crippen molar-refractivity contribution in [1.29, 1.82) is 0 Å². The first-order valence-electron chi connectivity index (χ1n) is 6.97. The molecule has 1 N–H and O–H groups in total. The molecule has 1 fully saturated rings. The molecule has 2 heteroatoms. The molecule has 0 atom stereocenters. The van der Waals surface area contributed by atoms with Crippen molar-refractivity contribution in [1.82, 2.24) is 10.2 Å². The first-order valence-corrected chi connectivity index (χ1v) is 6.97. The molecule has 0 amide bonds. The van der Waals surface area contributed by atoms with Crippen molar-refractivity contribution in [3.05, 3.63) is 0 Å². The van der Waals surface area contributed by atoms with Gasteiger partial charge in [-0.2, -0.15) is 0 Å². The minimum Gasteiger partial charge on any atom is -0.317 e. The van der Waals surface area contributed by atoms with Crippen LogP contribution >= 0.6 is 0 Å². The van der Waals surface area contributed by atoms with E-state index in [9.17, 15) is 0 Å². The largest absolute Gasteiger partial charge is 0.317 e. The number of piperidine rings is 1. The van der Waals surface area contributed by atoms with Crippen LogP contribution in [0.1, 0.15) is 46.5 Å². The summed E-state index contributed by atoms with van der Waals surface area (Å²) >= 11 is 0. The fourth-order valence-corrected chi connectivity index (χ4v) is 3.24. The van der Waals surface area contributed by atoms with E-state index < -0.39 is 0 Å². The highest BCUT2D eigenvalue weighted by Gasteiger charge is 2.32. The van der Waals surface area contributed by atoms with E-state index in [1.165, 1.54) is 51.9 Å². The first-order chi connectivity index (χ1) is 7.58. The van der Waals surface area contributed by atoms with E-state index in [1.807, 2.05) is 0 Å². The molecular formula is C14H30N2. The van der Waals surface area contributed by atoms with Crippen LogP contribution in [-0.4, -0.2) is 38.1 Å². The summed E-state index contributed by atoms with van der Waals surface area (Å²) < 4.78 is 0. The Morgan fingerprint density at radius 2 is 1.88 bits per heavy atom. The lowest BCUT2D eigenvalue weighted by atomic mass is 9.75. The molecule has 0 saturated carbocycles. The Bertz CT molecular complexity index is 178. The van der Waals surface area contributed by atoms with E-state index >= 15 is 0 Å². The zero-order valence-electron chi connectivity index (χ0n) is 11.7. The van der Waals surface area contributed by atoms with E-state index in [0.29, 0.717) is 5.41 Å². The molecule has 96 valence electrons. The maximum Gasteiger partial charge on any atom is 0.00360 e. The molecule has 0 aromatic carbocycles. The van der Waals surface area contributed by atoms with Crippen molar-refractivity contribution in [2.45, 2.75) is 46.5 Å². The van der Waals surface area contributed by atoms with E-state index in [2.05, 4.69) is 38.0 Å². The molecular weight excluding hydrogens is 196 g/mol. The van der Waals surface area contributed by atoms with Crippen molar-refractivity contribution >= 4 is 0 Å². The van der Waals surface area contributed by atoms with Crippen LogP contribution in [-0.2, 0) is 0 Å². The molecule has 0 bridgehead atoms. The predicted octanol–water partition coefficient (Wildman–Crippen LogP) is 2.74. The van der Waals surface area contributed by atoms with Gasteiger partial charge in [-0.1, -0.05) is 27.2 Å². The standard InChI is InChI=1S/C14H30N2/c1-5-6-14(7-9-15-10-8-14)12-16(4)11-13(2)3/h13,15H,5-12H2,1-4H3. The predicted molar refractivity (Wildman–Crippen MR) is 71.8 cm³/mol. The fraction of sp³-hybridized carbons (Fsp3) is 1.00. The normalized spacial score (nSPS) is 20.6. The average molecular weight is 226 g/mol. The third-order valence-corrected chi connectivity index (χ3v) is 3.73. The minimum atomic E-state index is 0.601. The molecule has 0 aromatic rings. The second kappa shape index (κ2) is 6.61. The lowest BCUT2D eigenvalue weighted by Crippen LogP contribution is -2.44. The van der Waals surface area contributed by atoms with Crippen molar-refractivity contribution in [3.63, 3.8) is 0 Å². The quantitative estimate of drug-likeness (QED) is 0.749. The van der Waals surface area contributed by atoms with E-state index in [1.54, 1.807) is 0 Å². The van der Waals surface area contributed by atoms with Crippen molar-refractivity contribution < 1.29 is 0 Å². The van der Waals surface area contributed by atoms with Crippen LogP contribution in [0.5, 0.6) is 0 Å². The summed E-state index contributed by atoms with van der Waals surface area (Å²) in [5.41, 5.74) is 0.601. The van der Waals surface area contributed by atoms with Gasteiger partial charge in [0.05, 0.1) is 0 Å². The van der Waals surface area contributed by atoms with Crippen LogP contribution in [0.25, 0.3) is 0 Å². The third kappa shape index (κ3) is 4.42. The van der Waals surface area contributed by atoms with E-state index in [-0.39, 0.29) is 0 Å². The number of hydrogen-bond acceptors (Lipinski definition) is 2. The van der Waals surface area contributed by atoms with Crippen LogP contribution in [0, 0.1) is 11.3 Å². The zero-order valence-corrected chi connectivity index (χ0v) is 11.7. The summed E-state index contributed by atoms with van der Waals surface area (Å²) in [6.45, 7) is 11.9. The van der Waals surface area contributed by atoms with E-state index in [4.69, 9.17) is 0 Å². The smallest absolute Gasteiger partial charge is 0.00360 e. The summed E-state index contributed by atoms with van der Waals surface area (Å²) in [5, 5.41) is 3.49. The molecule has 0 unspecified atom stereocenters. The second-order valence-electron chi connectivity index (χ2n) is 6.09. The highest BCUT2D eigenvalue weighted by Crippen LogP contribution is 2.34. The van der Waals surface area contributed by atoms with E-state index in [0.717, 1.165) is 5.92 Å². The number of nitrogens with zero attached hydrogens (tertiary/aromatic N) is 1. The van der Waals surface area contributed by atoms with Gasteiger partial charge in [0.25, 0.3) is 0 Å². The molecule has 0 aromatic heterocycles. The topological polar surface area (TPSA) is 15.3 Å². The highest BCUT2D eigenvalue weighted by molar-refractivity contribution is 4.86. The van der Waals surface area contributed by atoms with Gasteiger partial charge in [0.1, 0.15) is 0 Å². The Morgan fingerprint density at radius 3 is 2.38 bits per heavy atom. The van der Waals surface area contributed by atoms with Crippen LogP contribution < -0.4 is 5.32 Å². The van der Waals surface area contributed by atoms with Gasteiger partial charge >= 0.3 is 0 Å². The monoisotopic (exact) mass is 226 g/mol. The Kier molecular flexibility index (Phi) is 5.77. The molecule has 1 saturated heterocycles. The summed E-state index contributed by atoms with van der Waals surface area (Å²) in [6.07, 6.45) is 5.46. The maximum absolute atomic E-state index is 3.49. The molecule has 0 aliphatic carbocycles. The summed E-state index contributed by atoms with van der Waals surface area (Å²) in [5.74, 6) is 0.783. The van der Waals surface area contributed by atoms with Crippen LogP contribution in [0.4, 0.5) is 0 Å². The average Bonchev–Trinajstić information content (AvgIpc) is 2.17. The molecule has 1 aliphatic heterocycles.